The third-order valence-corrected chi connectivity index (χ3v) is 6.07. The number of carbonyl (C=O) groups excluding carboxylic acids is 1. The van der Waals surface area contributed by atoms with Crippen LogP contribution in [-0.2, 0) is 9.59 Å². The Hall–Kier alpha value is -2.42. The first-order valence-electron chi connectivity index (χ1n) is 7.99. The van der Waals surface area contributed by atoms with E-state index in [1.54, 1.807) is 12.1 Å². The van der Waals surface area contributed by atoms with Crippen molar-refractivity contribution in [2.75, 3.05) is 4.90 Å². The van der Waals surface area contributed by atoms with Crippen LogP contribution in [0.2, 0.25) is 10.0 Å². The van der Waals surface area contributed by atoms with Gasteiger partial charge in [-0.15, -0.1) is 0 Å². The van der Waals surface area contributed by atoms with E-state index in [1.165, 1.54) is 24.0 Å². The molecule has 144 valence electrons. The topological polar surface area (TPSA) is 79.7 Å². The molecule has 10 heteroatoms. The summed E-state index contributed by atoms with van der Waals surface area (Å²) in [6.45, 7) is 1.34. The van der Waals surface area contributed by atoms with Crippen LogP contribution < -0.4 is 9.64 Å². The minimum atomic E-state index is -1.74. The monoisotopic (exact) mass is 440 g/mol. The van der Waals surface area contributed by atoms with Crippen molar-refractivity contribution < 1.29 is 23.8 Å². The number of thiazole rings is 1. The van der Waals surface area contributed by atoms with E-state index in [2.05, 4.69) is 4.98 Å². The summed E-state index contributed by atoms with van der Waals surface area (Å²) in [4.78, 5) is 30.2. The first-order valence-corrected chi connectivity index (χ1v) is 9.56. The van der Waals surface area contributed by atoms with Gasteiger partial charge < -0.3 is 9.84 Å². The summed E-state index contributed by atoms with van der Waals surface area (Å²) in [6.07, 6.45) is -0.606. The van der Waals surface area contributed by atoms with E-state index >= 15 is 0 Å². The van der Waals surface area contributed by atoms with Gasteiger partial charge in [0, 0.05) is 6.07 Å². The van der Waals surface area contributed by atoms with Crippen molar-refractivity contribution in [2.24, 2.45) is 0 Å². The summed E-state index contributed by atoms with van der Waals surface area (Å²) in [7, 11) is 0. The molecule has 1 aliphatic heterocycles. The molecule has 28 heavy (non-hydrogen) atoms. The Morgan fingerprint density at radius 1 is 1.32 bits per heavy atom. The van der Waals surface area contributed by atoms with Crippen molar-refractivity contribution in [2.45, 2.75) is 18.9 Å². The number of nitrogens with zero attached hydrogens (tertiary/aromatic N) is 2. The number of carboxylic acid groups (broad SMARTS) is 1. The SMILES string of the molecule is CC1(CC(=O)O)Oc2cc(F)ccc2N(c2nc3c(Cl)ccc(Cl)c3s2)C1=O. The van der Waals surface area contributed by atoms with Crippen LogP contribution in [0.4, 0.5) is 15.2 Å². The molecule has 0 spiro atoms. The summed E-state index contributed by atoms with van der Waals surface area (Å²) in [6, 6.07) is 6.86. The summed E-state index contributed by atoms with van der Waals surface area (Å²) in [5.41, 5.74) is -1.07. The average molecular weight is 441 g/mol. The van der Waals surface area contributed by atoms with Crippen LogP contribution in [0, 0.1) is 5.82 Å². The number of fused-ring (bicyclic) bond motifs is 2. The Morgan fingerprint density at radius 2 is 2.04 bits per heavy atom. The highest BCUT2D eigenvalue weighted by Gasteiger charge is 2.48. The highest BCUT2D eigenvalue weighted by Crippen LogP contribution is 2.46. The summed E-state index contributed by atoms with van der Waals surface area (Å²) >= 11 is 13.5. The zero-order chi connectivity index (χ0) is 20.2. The number of aliphatic carboxylic acids is 1. The largest absolute Gasteiger partial charge is 0.481 e. The number of rotatable bonds is 3. The molecular formula is C18H11Cl2FN2O4S. The van der Waals surface area contributed by atoms with Gasteiger partial charge >= 0.3 is 5.97 Å². The maximum absolute atomic E-state index is 13.8. The van der Waals surface area contributed by atoms with Gasteiger partial charge in [-0.05, 0) is 31.2 Å². The van der Waals surface area contributed by atoms with E-state index < -0.39 is 29.7 Å². The van der Waals surface area contributed by atoms with Gasteiger partial charge in [0.1, 0.15) is 17.1 Å². The number of ether oxygens (including phenoxy) is 1. The molecule has 0 bridgehead atoms. The zero-order valence-electron chi connectivity index (χ0n) is 14.2. The van der Waals surface area contributed by atoms with E-state index in [4.69, 9.17) is 27.9 Å². The Bertz CT molecular complexity index is 1110. The Labute approximate surface area is 172 Å². The maximum Gasteiger partial charge on any atom is 0.307 e. The quantitative estimate of drug-likeness (QED) is 0.617. The van der Waals surface area contributed by atoms with Gasteiger partial charge in [-0.1, -0.05) is 34.5 Å². The molecule has 0 aliphatic carbocycles. The molecule has 1 aromatic heterocycles. The Morgan fingerprint density at radius 3 is 2.71 bits per heavy atom. The lowest BCUT2D eigenvalue weighted by atomic mass is 9.97. The summed E-state index contributed by atoms with van der Waals surface area (Å²) in [5, 5.41) is 10.2. The van der Waals surface area contributed by atoms with Crippen LogP contribution in [-0.4, -0.2) is 27.6 Å². The molecule has 0 saturated heterocycles. The lowest BCUT2D eigenvalue weighted by Gasteiger charge is -2.38. The number of halogens is 3. The number of hydrogen-bond acceptors (Lipinski definition) is 5. The van der Waals surface area contributed by atoms with Crippen LogP contribution in [0.3, 0.4) is 0 Å². The fourth-order valence-corrected chi connectivity index (χ4v) is 4.54. The van der Waals surface area contributed by atoms with E-state index in [0.29, 0.717) is 20.3 Å². The summed E-state index contributed by atoms with van der Waals surface area (Å²) < 4.78 is 19.9. The smallest absolute Gasteiger partial charge is 0.307 e. The Balaban J connectivity index is 1.94. The number of carboxylic acids is 1. The van der Waals surface area contributed by atoms with Crippen molar-refractivity contribution in [1.82, 2.24) is 4.98 Å². The number of carbonyl (C=O) groups is 2. The molecule has 2 heterocycles. The van der Waals surface area contributed by atoms with E-state index in [9.17, 15) is 19.1 Å². The highest BCUT2D eigenvalue weighted by atomic mass is 35.5. The fourth-order valence-electron chi connectivity index (χ4n) is 3.01. The van der Waals surface area contributed by atoms with Gasteiger partial charge in [0.25, 0.3) is 5.91 Å². The molecule has 0 radical (unpaired) electrons. The predicted molar refractivity (Wildman–Crippen MR) is 104 cm³/mol. The number of hydrogen-bond donors (Lipinski definition) is 1. The number of amides is 1. The second kappa shape index (κ2) is 6.58. The molecule has 1 N–H and O–H groups in total. The molecule has 1 aliphatic rings. The molecule has 0 fully saturated rings. The first-order chi connectivity index (χ1) is 13.2. The van der Waals surface area contributed by atoms with Crippen molar-refractivity contribution in [3.63, 3.8) is 0 Å². The molecule has 1 unspecified atom stereocenters. The van der Waals surface area contributed by atoms with E-state index in [-0.39, 0.29) is 16.6 Å². The Kier molecular flexibility index (Phi) is 4.45. The average Bonchev–Trinajstić information content (AvgIpc) is 3.05. The van der Waals surface area contributed by atoms with Crippen LogP contribution in [0.1, 0.15) is 13.3 Å². The van der Waals surface area contributed by atoms with E-state index in [1.807, 2.05) is 0 Å². The third-order valence-electron chi connectivity index (χ3n) is 4.27. The van der Waals surface area contributed by atoms with Gasteiger partial charge in [0.15, 0.2) is 10.7 Å². The maximum atomic E-state index is 13.8. The molecule has 2 aromatic carbocycles. The first kappa shape index (κ1) is 18.9. The molecule has 3 aromatic rings. The van der Waals surface area contributed by atoms with E-state index in [0.717, 1.165) is 17.4 Å². The standard InChI is InChI=1S/C18H11Cl2FN2O4S/c1-18(7-13(24)25)16(26)23(11-5-2-8(21)6-12(11)27-18)17-22-14-9(19)3-4-10(20)15(14)28-17/h2-6H,7H2,1H3,(H,24,25). The van der Waals surface area contributed by atoms with Gasteiger partial charge in [-0.25, -0.2) is 14.3 Å². The van der Waals surface area contributed by atoms with Crippen molar-refractivity contribution in [3.05, 3.63) is 46.2 Å². The molecular weight excluding hydrogens is 430 g/mol. The normalized spacial score (nSPS) is 18.9. The van der Waals surface area contributed by atoms with Crippen LogP contribution in [0.25, 0.3) is 10.2 Å². The third kappa shape index (κ3) is 2.97. The molecule has 1 amide bonds. The van der Waals surface area contributed by atoms with Crippen molar-refractivity contribution >= 4 is 67.5 Å². The zero-order valence-corrected chi connectivity index (χ0v) is 16.5. The molecule has 6 nitrogen and oxygen atoms in total. The number of aromatic nitrogens is 1. The van der Waals surface area contributed by atoms with Crippen LogP contribution in [0.5, 0.6) is 5.75 Å². The molecule has 4 rings (SSSR count). The second-order valence-corrected chi connectivity index (χ2v) is 8.15. The van der Waals surface area contributed by atoms with Crippen LogP contribution >= 0.6 is 34.5 Å². The van der Waals surface area contributed by atoms with Gasteiger partial charge in [-0.3, -0.25) is 9.59 Å². The van der Waals surface area contributed by atoms with Gasteiger partial charge in [0.05, 0.1) is 26.9 Å². The van der Waals surface area contributed by atoms with Gasteiger partial charge in [-0.2, -0.15) is 0 Å². The lowest BCUT2D eigenvalue weighted by Crippen LogP contribution is -2.53. The van der Waals surface area contributed by atoms with Gasteiger partial charge in [0.2, 0.25) is 0 Å². The lowest BCUT2D eigenvalue weighted by molar-refractivity contribution is -0.148. The van der Waals surface area contributed by atoms with Crippen LogP contribution in [0.15, 0.2) is 30.3 Å². The van der Waals surface area contributed by atoms with Crippen molar-refractivity contribution in [1.29, 1.82) is 0 Å². The highest BCUT2D eigenvalue weighted by molar-refractivity contribution is 7.23. The molecule has 0 saturated carbocycles. The fraction of sp³-hybridized carbons (Fsp3) is 0.167. The second-order valence-electron chi connectivity index (χ2n) is 6.36. The minimum absolute atomic E-state index is 0.0415. The predicted octanol–water partition coefficient (Wildman–Crippen LogP) is 5.03. The summed E-state index contributed by atoms with van der Waals surface area (Å²) in [5.74, 6) is -2.41. The van der Waals surface area contributed by atoms with Crippen molar-refractivity contribution in [3.8, 4) is 5.75 Å². The molecule has 1 atom stereocenters. The number of benzene rings is 2. The minimum Gasteiger partial charge on any atom is -0.481 e. The number of anilines is 2.